The monoisotopic (exact) mass is 433 g/mol. The molecule has 1 aliphatic carbocycles. The van der Waals surface area contributed by atoms with Crippen LogP contribution in [0.3, 0.4) is 0 Å². The highest BCUT2D eigenvalue weighted by molar-refractivity contribution is 6.29. The molecule has 31 heavy (non-hydrogen) atoms. The molecule has 0 unspecified atom stereocenters. The maximum atomic E-state index is 13.3. The fraction of sp³-hybridized carbons (Fsp3) is 0.0435. The van der Waals surface area contributed by atoms with Crippen LogP contribution in [-0.4, -0.2) is 27.8 Å². The van der Waals surface area contributed by atoms with Gasteiger partial charge in [0, 0.05) is 22.9 Å². The number of halogens is 2. The second kappa shape index (κ2) is 8.89. The molecule has 0 bridgehead atoms. The number of nitrogens with one attached hydrogen (secondary N) is 2. The van der Waals surface area contributed by atoms with Crippen molar-refractivity contribution in [3.63, 3.8) is 0 Å². The highest BCUT2D eigenvalue weighted by Crippen LogP contribution is 2.29. The summed E-state index contributed by atoms with van der Waals surface area (Å²) in [6.45, 7) is 0. The molecule has 6 nitrogen and oxygen atoms in total. The molecule has 0 atom stereocenters. The van der Waals surface area contributed by atoms with E-state index < -0.39 is 0 Å². The van der Waals surface area contributed by atoms with Crippen LogP contribution in [0.4, 0.5) is 16.0 Å². The Kier molecular flexibility index (Phi) is 5.86. The van der Waals surface area contributed by atoms with E-state index >= 15 is 0 Å². The number of anilines is 2. The third-order valence-electron chi connectivity index (χ3n) is 4.51. The zero-order valence-electron chi connectivity index (χ0n) is 16.4. The molecule has 3 aromatic rings. The molecule has 0 spiro atoms. The molecule has 1 aliphatic rings. The molecule has 4 rings (SSSR count). The molecule has 2 N–H and O–H groups in total. The van der Waals surface area contributed by atoms with Crippen LogP contribution in [0.1, 0.15) is 11.3 Å². The van der Waals surface area contributed by atoms with Crippen LogP contribution in [0.5, 0.6) is 0 Å². The van der Waals surface area contributed by atoms with E-state index in [1.165, 1.54) is 19.2 Å². The molecular formula is C23H17ClFN5O. The van der Waals surface area contributed by atoms with Crippen molar-refractivity contribution >= 4 is 40.3 Å². The Morgan fingerprint density at radius 3 is 2.58 bits per heavy atom. The van der Waals surface area contributed by atoms with Crippen molar-refractivity contribution in [2.45, 2.75) is 0 Å². The zero-order valence-corrected chi connectivity index (χ0v) is 17.2. The topological polar surface area (TPSA) is 83.8 Å². The summed E-state index contributed by atoms with van der Waals surface area (Å²) in [4.78, 5) is 12.8. The van der Waals surface area contributed by atoms with Crippen molar-refractivity contribution in [2.75, 3.05) is 12.4 Å². The minimum Gasteiger partial charge on any atom is -0.495 e. The SMILES string of the molecule is CO/C(=C1/C=C(c2ccnc(Nc3ccc(Cl)nc3)n2)C=CC1=N)c1ccc(F)cc1. The summed E-state index contributed by atoms with van der Waals surface area (Å²) in [5.41, 5.74) is 3.67. The van der Waals surface area contributed by atoms with Gasteiger partial charge in [0.2, 0.25) is 5.95 Å². The number of ether oxygens (including phenoxy) is 1. The Balaban J connectivity index is 1.69. The number of benzene rings is 1. The van der Waals surface area contributed by atoms with Gasteiger partial charge in [0.1, 0.15) is 16.7 Å². The molecular weight excluding hydrogens is 417 g/mol. The van der Waals surface area contributed by atoms with E-state index in [0.717, 1.165) is 5.57 Å². The molecule has 2 heterocycles. The number of rotatable bonds is 5. The summed E-state index contributed by atoms with van der Waals surface area (Å²) < 4.78 is 18.9. The van der Waals surface area contributed by atoms with Crippen molar-refractivity contribution in [3.8, 4) is 0 Å². The van der Waals surface area contributed by atoms with Gasteiger partial charge in [-0.3, -0.25) is 0 Å². The number of pyridine rings is 1. The Morgan fingerprint density at radius 2 is 1.87 bits per heavy atom. The fourth-order valence-electron chi connectivity index (χ4n) is 3.03. The van der Waals surface area contributed by atoms with Gasteiger partial charge in [-0.2, -0.15) is 0 Å². The van der Waals surface area contributed by atoms with Gasteiger partial charge in [0.05, 0.1) is 30.4 Å². The molecule has 154 valence electrons. The predicted octanol–water partition coefficient (Wildman–Crippen LogP) is 5.44. The molecule has 0 saturated heterocycles. The first-order chi connectivity index (χ1) is 15.0. The molecule has 0 aliphatic heterocycles. The van der Waals surface area contributed by atoms with E-state index in [0.29, 0.717) is 39.4 Å². The number of hydrogen-bond donors (Lipinski definition) is 2. The lowest BCUT2D eigenvalue weighted by molar-refractivity contribution is 0.369. The first-order valence-corrected chi connectivity index (χ1v) is 9.66. The van der Waals surface area contributed by atoms with Crippen molar-refractivity contribution in [1.82, 2.24) is 15.0 Å². The minimum absolute atomic E-state index is 0.282. The summed E-state index contributed by atoms with van der Waals surface area (Å²) >= 11 is 5.82. The quantitative estimate of drug-likeness (QED) is 0.413. The number of aromatic nitrogens is 3. The van der Waals surface area contributed by atoms with Crippen LogP contribution in [-0.2, 0) is 4.74 Å². The van der Waals surface area contributed by atoms with E-state index in [-0.39, 0.29) is 11.5 Å². The number of hydrogen-bond acceptors (Lipinski definition) is 6. The molecule has 0 radical (unpaired) electrons. The molecule has 1 aromatic carbocycles. The Hall–Kier alpha value is -3.84. The van der Waals surface area contributed by atoms with Crippen molar-refractivity contribution in [1.29, 1.82) is 5.41 Å². The van der Waals surface area contributed by atoms with E-state index in [4.69, 9.17) is 21.7 Å². The molecule has 0 fully saturated rings. The molecule has 0 saturated carbocycles. The van der Waals surface area contributed by atoms with E-state index in [9.17, 15) is 4.39 Å². The zero-order chi connectivity index (χ0) is 21.8. The third-order valence-corrected chi connectivity index (χ3v) is 4.73. The highest BCUT2D eigenvalue weighted by Gasteiger charge is 2.17. The number of methoxy groups -OCH3 is 1. The van der Waals surface area contributed by atoms with Crippen molar-refractivity contribution in [3.05, 3.63) is 101 Å². The van der Waals surface area contributed by atoms with Crippen LogP contribution in [0.15, 0.2) is 78.7 Å². The Bertz CT molecular complexity index is 1220. The first kappa shape index (κ1) is 20.4. The minimum atomic E-state index is -0.337. The summed E-state index contributed by atoms with van der Waals surface area (Å²) in [7, 11) is 1.53. The van der Waals surface area contributed by atoms with Gasteiger partial charge in [-0.15, -0.1) is 0 Å². The van der Waals surface area contributed by atoms with Gasteiger partial charge in [-0.25, -0.2) is 19.3 Å². The fourth-order valence-corrected chi connectivity index (χ4v) is 3.15. The standard InChI is InChI=1S/C23H17ClFN5O/c1-31-22(14-2-5-16(25)6-3-14)18-12-15(4-8-19(18)26)20-10-11-27-23(30-20)29-17-7-9-21(24)28-13-17/h2-13,26H,1H3,(H,27,29,30)/b22-18-,26-19?. The van der Waals surface area contributed by atoms with Crippen LogP contribution < -0.4 is 5.32 Å². The summed E-state index contributed by atoms with van der Waals surface area (Å²) in [6, 6.07) is 11.2. The van der Waals surface area contributed by atoms with Crippen LogP contribution in [0, 0.1) is 11.2 Å². The van der Waals surface area contributed by atoms with E-state index in [1.807, 2.05) is 6.08 Å². The van der Waals surface area contributed by atoms with E-state index in [1.54, 1.807) is 54.9 Å². The van der Waals surface area contributed by atoms with Gasteiger partial charge in [-0.1, -0.05) is 17.7 Å². The lowest BCUT2D eigenvalue weighted by Gasteiger charge is -2.16. The summed E-state index contributed by atoms with van der Waals surface area (Å²) in [6.07, 6.45) is 8.53. The van der Waals surface area contributed by atoms with Gasteiger partial charge in [0.25, 0.3) is 0 Å². The average molecular weight is 434 g/mol. The maximum absolute atomic E-state index is 13.3. The predicted molar refractivity (Wildman–Crippen MR) is 120 cm³/mol. The van der Waals surface area contributed by atoms with Crippen LogP contribution >= 0.6 is 11.6 Å². The van der Waals surface area contributed by atoms with Crippen LogP contribution in [0.25, 0.3) is 11.3 Å². The second-order valence-electron chi connectivity index (χ2n) is 6.56. The van der Waals surface area contributed by atoms with Gasteiger partial charge in [-0.05, 0) is 54.6 Å². The normalized spacial score (nSPS) is 14.8. The third kappa shape index (κ3) is 4.67. The molecule has 8 heteroatoms. The average Bonchev–Trinajstić information content (AvgIpc) is 2.78. The number of nitrogens with zero attached hydrogens (tertiary/aromatic N) is 3. The summed E-state index contributed by atoms with van der Waals surface area (Å²) in [5.74, 6) is 0.537. The van der Waals surface area contributed by atoms with Gasteiger partial charge in [0.15, 0.2) is 0 Å². The summed E-state index contributed by atoms with van der Waals surface area (Å²) in [5, 5.41) is 11.8. The smallest absolute Gasteiger partial charge is 0.227 e. The highest BCUT2D eigenvalue weighted by atomic mass is 35.5. The van der Waals surface area contributed by atoms with Crippen molar-refractivity contribution < 1.29 is 9.13 Å². The number of allylic oxidation sites excluding steroid dienone is 5. The lowest BCUT2D eigenvalue weighted by atomic mass is 9.95. The lowest BCUT2D eigenvalue weighted by Crippen LogP contribution is -2.07. The van der Waals surface area contributed by atoms with Gasteiger partial charge < -0.3 is 15.5 Å². The Labute approximate surface area is 183 Å². The van der Waals surface area contributed by atoms with E-state index in [2.05, 4.69) is 20.3 Å². The molecule has 0 amide bonds. The van der Waals surface area contributed by atoms with Crippen molar-refractivity contribution in [2.24, 2.45) is 0 Å². The van der Waals surface area contributed by atoms with Crippen LogP contribution in [0.2, 0.25) is 5.15 Å². The maximum Gasteiger partial charge on any atom is 0.227 e. The second-order valence-corrected chi connectivity index (χ2v) is 6.95. The first-order valence-electron chi connectivity index (χ1n) is 9.28. The largest absolute Gasteiger partial charge is 0.495 e. The molecule has 2 aromatic heterocycles. The van der Waals surface area contributed by atoms with Gasteiger partial charge >= 0.3 is 0 Å². The Morgan fingerprint density at radius 1 is 1.06 bits per heavy atom.